The predicted molar refractivity (Wildman–Crippen MR) is 122 cm³/mol. The van der Waals surface area contributed by atoms with Gasteiger partial charge in [-0.15, -0.1) is 11.3 Å². The molecule has 4 atom stereocenters. The van der Waals surface area contributed by atoms with Crippen LogP contribution in [0.2, 0.25) is 0 Å². The highest BCUT2D eigenvalue weighted by Crippen LogP contribution is 2.45. The molecule has 7 heteroatoms. The Morgan fingerprint density at radius 1 is 1.13 bits per heavy atom. The van der Waals surface area contributed by atoms with Crippen molar-refractivity contribution >= 4 is 27.4 Å². The van der Waals surface area contributed by atoms with Crippen LogP contribution in [0.15, 0.2) is 42.0 Å². The summed E-state index contributed by atoms with van der Waals surface area (Å²) in [5, 5.41) is 3.39. The van der Waals surface area contributed by atoms with Gasteiger partial charge in [0.1, 0.15) is 23.1 Å². The zero-order valence-corrected chi connectivity index (χ0v) is 18.3. The van der Waals surface area contributed by atoms with Gasteiger partial charge in [0.15, 0.2) is 0 Å². The van der Waals surface area contributed by atoms with Gasteiger partial charge in [-0.3, -0.25) is 4.90 Å². The number of fused-ring (bicyclic) bond motifs is 3. The van der Waals surface area contributed by atoms with E-state index in [-0.39, 0.29) is 0 Å². The Bertz CT molecular complexity index is 1060. The average Bonchev–Trinajstić information content (AvgIpc) is 3.57. The zero-order valence-electron chi connectivity index (χ0n) is 17.5. The molecular formula is C24H27FN4OS. The number of ether oxygens (including phenoxy) is 1. The summed E-state index contributed by atoms with van der Waals surface area (Å²) in [5.41, 5.74) is 2.44. The van der Waals surface area contributed by atoms with Gasteiger partial charge in [-0.05, 0) is 24.8 Å². The van der Waals surface area contributed by atoms with Gasteiger partial charge < -0.3 is 9.64 Å². The lowest BCUT2D eigenvalue weighted by Crippen LogP contribution is -2.40. The number of benzene rings is 1. The number of rotatable bonds is 6. The second-order valence-electron chi connectivity index (χ2n) is 9.03. The number of anilines is 1. The van der Waals surface area contributed by atoms with E-state index in [1.807, 2.05) is 0 Å². The smallest absolute Gasteiger partial charge is 0.141 e. The molecular weight excluding hydrogens is 411 g/mol. The number of hydrogen-bond acceptors (Lipinski definition) is 6. The summed E-state index contributed by atoms with van der Waals surface area (Å²) in [4.78, 5) is 15.0. The summed E-state index contributed by atoms with van der Waals surface area (Å²) in [7, 11) is 0. The molecule has 2 aromatic heterocycles. The molecule has 0 N–H and O–H groups in total. The molecule has 2 saturated heterocycles. The molecule has 31 heavy (non-hydrogen) atoms. The van der Waals surface area contributed by atoms with E-state index in [2.05, 4.69) is 50.5 Å². The van der Waals surface area contributed by atoms with Gasteiger partial charge >= 0.3 is 0 Å². The van der Waals surface area contributed by atoms with Gasteiger partial charge in [-0.1, -0.05) is 30.3 Å². The molecule has 6 rings (SSSR count). The third kappa shape index (κ3) is 3.62. The minimum absolute atomic E-state index is 0.318. The SMILES string of the molecule is F[C@H]1CCN(CCOC2CC3CC2CN3c2ncnc3scc(-c4ccccc4)c23)C1. The molecule has 3 unspecified atom stereocenters. The molecule has 1 saturated carbocycles. The molecule has 5 nitrogen and oxygen atoms in total. The van der Waals surface area contributed by atoms with Gasteiger partial charge in [0.25, 0.3) is 0 Å². The highest BCUT2D eigenvalue weighted by atomic mass is 32.1. The van der Waals surface area contributed by atoms with Crippen LogP contribution in [-0.4, -0.2) is 66.0 Å². The second kappa shape index (κ2) is 8.11. The van der Waals surface area contributed by atoms with Gasteiger partial charge in [0.05, 0.1) is 18.1 Å². The van der Waals surface area contributed by atoms with E-state index in [0.29, 0.717) is 37.6 Å². The highest BCUT2D eigenvalue weighted by Gasteiger charge is 2.46. The van der Waals surface area contributed by atoms with Crippen molar-refractivity contribution in [2.24, 2.45) is 5.92 Å². The monoisotopic (exact) mass is 438 g/mol. The lowest BCUT2D eigenvalue weighted by atomic mass is 10.0. The number of thiophene rings is 1. The van der Waals surface area contributed by atoms with E-state index in [1.165, 1.54) is 16.5 Å². The first kappa shape index (κ1) is 19.6. The largest absolute Gasteiger partial charge is 0.376 e. The summed E-state index contributed by atoms with van der Waals surface area (Å²) in [6, 6.07) is 11.0. The highest BCUT2D eigenvalue weighted by molar-refractivity contribution is 7.17. The van der Waals surface area contributed by atoms with Crippen molar-refractivity contribution in [2.45, 2.75) is 37.6 Å². The van der Waals surface area contributed by atoms with Crippen molar-refractivity contribution in [1.29, 1.82) is 0 Å². The van der Waals surface area contributed by atoms with Crippen molar-refractivity contribution in [3.05, 3.63) is 42.0 Å². The molecule has 3 fully saturated rings. The summed E-state index contributed by atoms with van der Waals surface area (Å²) in [5.74, 6) is 1.61. The second-order valence-corrected chi connectivity index (χ2v) is 9.88. The molecule has 162 valence electrons. The maximum absolute atomic E-state index is 13.4. The molecule has 3 aromatic rings. The van der Waals surface area contributed by atoms with Crippen molar-refractivity contribution in [3.8, 4) is 11.1 Å². The summed E-state index contributed by atoms with van der Waals surface area (Å²) in [6.07, 6.45) is 4.25. The molecule has 2 bridgehead atoms. The van der Waals surface area contributed by atoms with Crippen LogP contribution in [-0.2, 0) is 4.74 Å². The van der Waals surface area contributed by atoms with Crippen molar-refractivity contribution in [1.82, 2.24) is 14.9 Å². The summed E-state index contributed by atoms with van der Waals surface area (Å²) < 4.78 is 19.6. The van der Waals surface area contributed by atoms with Gasteiger partial charge in [0.2, 0.25) is 0 Å². The Morgan fingerprint density at radius 3 is 2.81 bits per heavy atom. The van der Waals surface area contributed by atoms with Crippen LogP contribution in [0.5, 0.6) is 0 Å². The van der Waals surface area contributed by atoms with Crippen LogP contribution in [0.3, 0.4) is 0 Å². The fraction of sp³-hybridized carbons (Fsp3) is 0.500. The Kier molecular flexibility index (Phi) is 5.13. The maximum Gasteiger partial charge on any atom is 0.141 e. The molecule has 1 aromatic carbocycles. The minimum atomic E-state index is -0.654. The van der Waals surface area contributed by atoms with Crippen LogP contribution >= 0.6 is 11.3 Å². The van der Waals surface area contributed by atoms with E-state index in [9.17, 15) is 4.39 Å². The Labute approximate surface area is 185 Å². The first-order valence-corrected chi connectivity index (χ1v) is 12.2. The van der Waals surface area contributed by atoms with Crippen molar-refractivity contribution in [3.63, 3.8) is 0 Å². The molecule has 2 aliphatic heterocycles. The number of alkyl halides is 1. The third-order valence-corrected chi connectivity index (χ3v) is 8.02. The molecule has 4 heterocycles. The average molecular weight is 439 g/mol. The summed E-state index contributed by atoms with van der Waals surface area (Å²) >= 11 is 1.69. The van der Waals surface area contributed by atoms with Crippen molar-refractivity contribution < 1.29 is 9.13 Å². The molecule has 0 spiro atoms. The zero-order chi connectivity index (χ0) is 20.8. The molecule has 0 radical (unpaired) electrons. The first-order valence-electron chi connectivity index (χ1n) is 11.3. The fourth-order valence-corrected chi connectivity index (χ4v) is 6.51. The number of aromatic nitrogens is 2. The number of halogens is 1. The Morgan fingerprint density at radius 2 is 2.03 bits per heavy atom. The molecule has 3 aliphatic rings. The van der Waals surface area contributed by atoms with E-state index in [0.717, 1.165) is 43.1 Å². The lowest BCUT2D eigenvalue weighted by Gasteiger charge is -2.33. The number of hydrogen-bond donors (Lipinski definition) is 0. The van der Waals surface area contributed by atoms with Crippen molar-refractivity contribution in [2.75, 3.05) is 37.7 Å². The molecule has 0 amide bonds. The van der Waals surface area contributed by atoms with Crippen LogP contribution < -0.4 is 4.90 Å². The summed E-state index contributed by atoms with van der Waals surface area (Å²) in [6.45, 7) is 3.98. The predicted octanol–water partition coefficient (Wildman–Crippen LogP) is 4.39. The van der Waals surface area contributed by atoms with E-state index in [4.69, 9.17) is 9.72 Å². The number of piperidine rings is 1. The molecule has 1 aliphatic carbocycles. The van der Waals surface area contributed by atoms with Crippen LogP contribution in [0.1, 0.15) is 19.3 Å². The van der Waals surface area contributed by atoms with E-state index >= 15 is 0 Å². The third-order valence-electron chi connectivity index (χ3n) is 7.14. The van der Waals surface area contributed by atoms with Gasteiger partial charge in [0, 0.05) is 49.1 Å². The topological polar surface area (TPSA) is 41.5 Å². The number of likely N-dealkylation sites (tertiary alicyclic amines) is 1. The lowest BCUT2D eigenvalue weighted by molar-refractivity contribution is 0.0144. The maximum atomic E-state index is 13.4. The fourth-order valence-electron chi connectivity index (χ4n) is 5.60. The van der Waals surface area contributed by atoms with E-state index < -0.39 is 6.17 Å². The first-order chi connectivity index (χ1) is 15.3. The van der Waals surface area contributed by atoms with Crippen LogP contribution in [0.4, 0.5) is 10.2 Å². The van der Waals surface area contributed by atoms with Crippen LogP contribution in [0, 0.1) is 5.92 Å². The quantitative estimate of drug-likeness (QED) is 0.571. The van der Waals surface area contributed by atoms with Crippen LogP contribution in [0.25, 0.3) is 21.3 Å². The van der Waals surface area contributed by atoms with Gasteiger partial charge in [-0.25, -0.2) is 14.4 Å². The normalized spacial score (nSPS) is 28.2. The van der Waals surface area contributed by atoms with E-state index in [1.54, 1.807) is 17.7 Å². The minimum Gasteiger partial charge on any atom is -0.376 e. The number of nitrogens with zero attached hydrogens (tertiary/aromatic N) is 4. The Balaban J connectivity index is 1.17. The Hall–Kier alpha value is -2.09. The standard InChI is InChI=1S/C24H27FN4OS/c25-18-6-7-28(13-18)8-9-30-21-11-19-10-17(21)12-29(19)23-22-20(16-4-2-1-3-5-16)14-31-24(22)27-15-26-23/h1-5,14-15,17-19,21H,6-13H2/t17?,18-,19?,21?/m0/s1. The van der Waals surface area contributed by atoms with Gasteiger partial charge in [-0.2, -0.15) is 0 Å².